The van der Waals surface area contributed by atoms with Crippen LogP contribution in [0.2, 0.25) is 0 Å². The Morgan fingerprint density at radius 2 is 1.50 bits per heavy atom. The Morgan fingerprint density at radius 3 is 1.93 bits per heavy atom. The molecule has 0 aromatic rings. The molecule has 0 saturated heterocycles. The third kappa shape index (κ3) is 8.75. The first-order chi connectivity index (χ1) is 12.9. The van der Waals surface area contributed by atoms with Crippen LogP contribution >= 0.6 is 0 Å². The van der Waals surface area contributed by atoms with Gasteiger partial charge in [-0.2, -0.15) is 0 Å². The summed E-state index contributed by atoms with van der Waals surface area (Å²) < 4.78 is 0. The number of hydrogen-bond donors (Lipinski definition) is 8. The van der Waals surface area contributed by atoms with Gasteiger partial charge in [0, 0.05) is 6.42 Å². The number of hydrogen-bond acceptors (Lipinski definition) is 8. The lowest BCUT2D eigenvalue weighted by atomic mass is 10.1. The van der Waals surface area contributed by atoms with Gasteiger partial charge in [0.2, 0.25) is 17.7 Å². The Bertz CT molecular complexity index is 596. The molecule has 160 valence electrons. The van der Waals surface area contributed by atoms with Gasteiger partial charge in [0.25, 0.3) is 0 Å². The molecule has 0 bridgehead atoms. The lowest BCUT2D eigenvalue weighted by molar-refractivity contribution is -0.145. The molecular weight excluding hydrogens is 380 g/mol. The molecule has 0 fully saturated rings. The molecule has 0 aliphatic rings. The number of carbonyl (C=O) groups excluding carboxylic acids is 3. The number of carboxylic acid groups (broad SMARTS) is 2. The van der Waals surface area contributed by atoms with E-state index in [-0.39, 0.29) is 12.8 Å². The lowest BCUT2D eigenvalue weighted by Gasteiger charge is -2.23. The number of aliphatic hydroxyl groups is 2. The zero-order valence-electron chi connectivity index (χ0n) is 15.4. The molecule has 0 aromatic heterocycles. The summed E-state index contributed by atoms with van der Waals surface area (Å²) in [5, 5.41) is 42.4. The van der Waals surface area contributed by atoms with E-state index >= 15 is 0 Å². The molecule has 0 rings (SSSR count). The molecule has 0 aliphatic carbocycles. The summed E-state index contributed by atoms with van der Waals surface area (Å²) in [6.07, 6.45) is -1.94. The predicted molar refractivity (Wildman–Crippen MR) is 92.7 cm³/mol. The van der Waals surface area contributed by atoms with Crippen molar-refractivity contribution in [3.05, 3.63) is 0 Å². The first-order valence-corrected chi connectivity index (χ1v) is 8.30. The van der Waals surface area contributed by atoms with Gasteiger partial charge in [-0.15, -0.1) is 0 Å². The number of aliphatic carboxylic acids is 2. The minimum absolute atomic E-state index is 0.185. The molecule has 0 heterocycles. The third-order valence-corrected chi connectivity index (χ3v) is 3.62. The molecule has 28 heavy (non-hydrogen) atoms. The van der Waals surface area contributed by atoms with Crippen LogP contribution in [0.3, 0.4) is 0 Å². The van der Waals surface area contributed by atoms with Gasteiger partial charge in [-0.1, -0.05) is 0 Å². The smallest absolute Gasteiger partial charge is 0.328 e. The highest BCUT2D eigenvalue weighted by molar-refractivity contribution is 5.94. The van der Waals surface area contributed by atoms with Gasteiger partial charge in [-0.3, -0.25) is 19.2 Å². The maximum absolute atomic E-state index is 12.1. The van der Waals surface area contributed by atoms with Crippen LogP contribution in [0.1, 0.15) is 26.7 Å². The maximum atomic E-state index is 12.1. The van der Waals surface area contributed by atoms with Crippen LogP contribution < -0.4 is 21.7 Å². The van der Waals surface area contributed by atoms with E-state index < -0.39 is 66.5 Å². The molecule has 0 aromatic carbocycles. The van der Waals surface area contributed by atoms with Crippen molar-refractivity contribution in [2.45, 2.75) is 57.0 Å². The summed E-state index contributed by atoms with van der Waals surface area (Å²) in [4.78, 5) is 57.4. The molecule has 0 aliphatic heterocycles. The Kier molecular flexibility index (Phi) is 10.7. The Morgan fingerprint density at radius 1 is 0.929 bits per heavy atom. The molecule has 0 radical (unpaired) electrons. The average Bonchev–Trinajstić information content (AvgIpc) is 2.60. The van der Waals surface area contributed by atoms with Gasteiger partial charge >= 0.3 is 11.9 Å². The van der Waals surface area contributed by atoms with Crippen LogP contribution in [-0.2, 0) is 24.0 Å². The molecule has 13 nitrogen and oxygen atoms in total. The van der Waals surface area contributed by atoms with Gasteiger partial charge in [0.05, 0.1) is 18.8 Å². The average molecular weight is 406 g/mol. The zero-order valence-corrected chi connectivity index (χ0v) is 15.4. The molecular formula is C15H26N4O9. The van der Waals surface area contributed by atoms with Crippen LogP contribution in [-0.4, -0.2) is 87.0 Å². The largest absolute Gasteiger partial charge is 0.481 e. The Balaban J connectivity index is 4.77. The predicted octanol–water partition coefficient (Wildman–Crippen LogP) is -3.89. The lowest BCUT2D eigenvalue weighted by Crippen LogP contribution is -2.58. The normalized spacial score (nSPS) is 16.0. The molecule has 5 unspecified atom stereocenters. The maximum Gasteiger partial charge on any atom is 0.328 e. The molecule has 9 N–H and O–H groups in total. The minimum Gasteiger partial charge on any atom is -0.481 e. The van der Waals surface area contributed by atoms with Crippen molar-refractivity contribution in [1.29, 1.82) is 0 Å². The summed E-state index contributed by atoms with van der Waals surface area (Å²) in [6.45, 7) is 1.55. The molecule has 3 amide bonds. The van der Waals surface area contributed by atoms with E-state index in [2.05, 4.69) is 10.6 Å². The Labute approximate surface area is 160 Å². The number of carboxylic acids is 2. The molecule has 0 spiro atoms. The quantitative estimate of drug-likeness (QED) is 0.157. The summed E-state index contributed by atoms with van der Waals surface area (Å²) >= 11 is 0. The van der Waals surface area contributed by atoms with Crippen molar-refractivity contribution in [2.75, 3.05) is 6.61 Å². The summed E-state index contributed by atoms with van der Waals surface area (Å²) in [6, 6.07) is -5.53. The first-order valence-electron chi connectivity index (χ1n) is 8.30. The monoisotopic (exact) mass is 406 g/mol. The minimum atomic E-state index is -1.59. The number of nitrogens with two attached hydrogens (primary N) is 1. The van der Waals surface area contributed by atoms with Crippen molar-refractivity contribution in [3.63, 3.8) is 0 Å². The molecule has 13 heteroatoms. The highest BCUT2D eigenvalue weighted by Crippen LogP contribution is 1.98. The van der Waals surface area contributed by atoms with E-state index in [0.717, 1.165) is 6.92 Å². The first kappa shape index (κ1) is 25.2. The van der Waals surface area contributed by atoms with E-state index in [0.29, 0.717) is 0 Å². The molecule has 0 saturated carbocycles. The van der Waals surface area contributed by atoms with Crippen LogP contribution in [0.15, 0.2) is 0 Å². The van der Waals surface area contributed by atoms with Crippen molar-refractivity contribution in [3.8, 4) is 0 Å². The van der Waals surface area contributed by atoms with E-state index in [1.165, 1.54) is 6.92 Å². The van der Waals surface area contributed by atoms with E-state index in [4.69, 9.17) is 15.9 Å². The second kappa shape index (κ2) is 11.8. The van der Waals surface area contributed by atoms with Crippen molar-refractivity contribution < 1.29 is 44.4 Å². The van der Waals surface area contributed by atoms with Crippen LogP contribution in [0.5, 0.6) is 0 Å². The van der Waals surface area contributed by atoms with Crippen molar-refractivity contribution >= 4 is 29.7 Å². The van der Waals surface area contributed by atoms with Gasteiger partial charge in [-0.05, 0) is 20.3 Å². The highest BCUT2D eigenvalue weighted by atomic mass is 16.4. The number of amides is 3. The van der Waals surface area contributed by atoms with Crippen LogP contribution in [0.4, 0.5) is 0 Å². The van der Waals surface area contributed by atoms with Gasteiger partial charge < -0.3 is 42.1 Å². The number of carbonyl (C=O) groups is 5. The SMILES string of the molecule is CC(NC(=O)C(CO)NC(=O)C(N)CCC(=O)O)C(=O)NC(C(=O)O)C(C)O. The number of rotatable bonds is 12. The van der Waals surface area contributed by atoms with Crippen LogP contribution in [0.25, 0.3) is 0 Å². The zero-order chi connectivity index (χ0) is 22.0. The standard InChI is InChI=1S/C15H26N4O9/c1-6(12(24)19-11(7(2)21)15(27)28)17-14(26)9(5-20)18-13(25)8(16)3-4-10(22)23/h6-9,11,20-21H,3-5,16H2,1-2H3,(H,17,26)(H,18,25)(H,19,24)(H,22,23)(H,27,28). The fourth-order valence-corrected chi connectivity index (χ4v) is 1.93. The fourth-order valence-electron chi connectivity index (χ4n) is 1.93. The molecule has 5 atom stereocenters. The highest BCUT2D eigenvalue weighted by Gasteiger charge is 2.29. The van der Waals surface area contributed by atoms with Gasteiger partial charge in [0.1, 0.15) is 12.1 Å². The number of nitrogens with one attached hydrogen (secondary N) is 3. The number of aliphatic hydroxyl groups excluding tert-OH is 2. The van der Waals surface area contributed by atoms with Crippen LogP contribution in [0, 0.1) is 0 Å². The van der Waals surface area contributed by atoms with Crippen molar-refractivity contribution in [1.82, 2.24) is 16.0 Å². The summed E-state index contributed by atoms with van der Waals surface area (Å²) in [5.74, 6) is -5.36. The van der Waals surface area contributed by atoms with Crippen molar-refractivity contribution in [2.24, 2.45) is 5.73 Å². The Hall–Kier alpha value is -2.77. The topological polar surface area (TPSA) is 228 Å². The fraction of sp³-hybridized carbons (Fsp3) is 0.667. The second-order valence-electron chi connectivity index (χ2n) is 6.08. The second-order valence-corrected chi connectivity index (χ2v) is 6.08. The van der Waals surface area contributed by atoms with E-state index in [9.17, 15) is 34.2 Å². The third-order valence-electron chi connectivity index (χ3n) is 3.62. The van der Waals surface area contributed by atoms with Gasteiger partial charge in [0.15, 0.2) is 6.04 Å². The van der Waals surface area contributed by atoms with E-state index in [1.807, 2.05) is 5.32 Å². The van der Waals surface area contributed by atoms with Gasteiger partial charge in [-0.25, -0.2) is 4.79 Å². The summed E-state index contributed by atoms with van der Waals surface area (Å²) in [5.41, 5.74) is 5.50. The van der Waals surface area contributed by atoms with E-state index in [1.54, 1.807) is 0 Å². The summed E-state index contributed by atoms with van der Waals surface area (Å²) in [7, 11) is 0.